The molecule has 0 rings (SSSR count). The molecule has 0 spiro atoms. The van der Waals surface area contributed by atoms with E-state index in [-0.39, 0.29) is 5.78 Å². The number of hydrogen-bond acceptors (Lipinski definition) is 5. The van der Waals surface area contributed by atoms with Crippen molar-refractivity contribution in [2.75, 3.05) is 21.3 Å². The summed E-state index contributed by atoms with van der Waals surface area (Å²) in [6.07, 6.45) is -0.125. The second kappa shape index (κ2) is 6.92. The summed E-state index contributed by atoms with van der Waals surface area (Å²) in [5.41, 5.74) is 0.443. The van der Waals surface area contributed by atoms with Gasteiger partial charge in [-0.3, -0.25) is 4.79 Å². The van der Waals surface area contributed by atoms with Crippen LogP contribution in [0.15, 0.2) is 12.2 Å². The van der Waals surface area contributed by atoms with Gasteiger partial charge in [0.05, 0.1) is 0 Å². The molecule has 0 N–H and O–H groups in total. The van der Waals surface area contributed by atoms with Crippen LogP contribution in [0.25, 0.3) is 0 Å². The molecule has 0 heterocycles. The molecule has 0 aromatic carbocycles. The highest BCUT2D eigenvalue weighted by molar-refractivity contribution is 6.53. The fourth-order valence-electron chi connectivity index (χ4n) is 1.17. The molecular formula is C10H20O5Si. The van der Waals surface area contributed by atoms with Crippen molar-refractivity contribution >= 4 is 14.8 Å². The van der Waals surface area contributed by atoms with Gasteiger partial charge in [-0.2, -0.15) is 0 Å². The first-order chi connectivity index (χ1) is 7.46. The normalized spacial score (nSPS) is 13.6. The average Bonchev–Trinajstić information content (AvgIpc) is 2.31. The molecule has 0 aliphatic rings. The first kappa shape index (κ1) is 15.5. The molecule has 0 aliphatic heterocycles. The molecule has 0 bridgehead atoms. The monoisotopic (exact) mass is 248 g/mol. The molecule has 0 aliphatic carbocycles. The largest absolute Gasteiger partial charge is 0.679 e. The highest BCUT2D eigenvalue weighted by atomic mass is 28.4. The number of Topliss-reactive ketones (excluding diaryl/α,β-unsaturated/α-hetero) is 1. The molecular weight excluding hydrogens is 228 g/mol. The summed E-state index contributed by atoms with van der Waals surface area (Å²) < 4.78 is 20.8. The number of carbonyl (C=O) groups is 1. The van der Waals surface area contributed by atoms with Crippen molar-refractivity contribution in [3.8, 4) is 0 Å². The minimum atomic E-state index is -3.17. The van der Waals surface area contributed by atoms with Crippen molar-refractivity contribution in [3.05, 3.63) is 12.2 Å². The molecule has 6 heteroatoms. The van der Waals surface area contributed by atoms with Crippen LogP contribution in [-0.4, -0.2) is 42.3 Å². The minimum absolute atomic E-state index is 0.162. The zero-order valence-electron chi connectivity index (χ0n) is 10.5. The third-order valence-electron chi connectivity index (χ3n) is 2.12. The lowest BCUT2D eigenvalue weighted by Gasteiger charge is -2.27. The fraction of sp³-hybridized carbons (Fsp3) is 0.700. The van der Waals surface area contributed by atoms with Gasteiger partial charge in [0.15, 0.2) is 5.78 Å². The van der Waals surface area contributed by atoms with E-state index in [4.69, 9.17) is 17.7 Å². The Kier molecular flexibility index (Phi) is 6.69. The van der Waals surface area contributed by atoms with Gasteiger partial charge in [-0.15, -0.1) is 0 Å². The van der Waals surface area contributed by atoms with Gasteiger partial charge in [0.25, 0.3) is 0 Å². The van der Waals surface area contributed by atoms with E-state index < -0.39 is 15.2 Å². The van der Waals surface area contributed by atoms with Crippen LogP contribution in [0.1, 0.15) is 20.3 Å². The maximum atomic E-state index is 11.7. The third-order valence-corrected chi connectivity index (χ3v) is 4.19. The fourth-order valence-corrected chi connectivity index (χ4v) is 2.58. The van der Waals surface area contributed by atoms with Crippen LogP contribution in [0.3, 0.4) is 0 Å². The van der Waals surface area contributed by atoms with Crippen molar-refractivity contribution in [1.82, 2.24) is 0 Å². The highest BCUT2D eigenvalue weighted by Gasteiger charge is 2.45. The van der Waals surface area contributed by atoms with Crippen molar-refractivity contribution in [3.63, 3.8) is 0 Å². The lowest BCUT2D eigenvalue weighted by Crippen LogP contribution is -2.50. The molecule has 94 valence electrons. The summed E-state index contributed by atoms with van der Waals surface area (Å²) in [7, 11) is 1.11. The standard InChI is InChI=1S/C10H20O5Si/c1-7-9(10(11)8(2)3)15-16(12-4,13-5)14-6/h9H,2,7H2,1,3-6H3. The second-order valence-electron chi connectivity index (χ2n) is 3.27. The lowest BCUT2D eigenvalue weighted by molar-refractivity contribution is -0.127. The predicted molar refractivity (Wildman–Crippen MR) is 61.8 cm³/mol. The Morgan fingerprint density at radius 1 is 1.25 bits per heavy atom. The van der Waals surface area contributed by atoms with Crippen LogP contribution in [-0.2, 0) is 22.5 Å². The van der Waals surface area contributed by atoms with Gasteiger partial charge in [0, 0.05) is 21.3 Å². The third kappa shape index (κ3) is 3.80. The van der Waals surface area contributed by atoms with E-state index in [0.29, 0.717) is 12.0 Å². The highest BCUT2D eigenvalue weighted by Crippen LogP contribution is 2.15. The molecule has 0 amide bonds. The molecule has 5 nitrogen and oxygen atoms in total. The minimum Gasteiger partial charge on any atom is -0.355 e. The zero-order chi connectivity index (χ0) is 12.8. The van der Waals surface area contributed by atoms with E-state index in [9.17, 15) is 4.79 Å². The maximum Gasteiger partial charge on any atom is 0.679 e. The SMILES string of the molecule is C=C(C)C(=O)C(CC)O[Si](OC)(OC)OC. The summed E-state index contributed by atoms with van der Waals surface area (Å²) in [5, 5.41) is 0. The molecule has 1 atom stereocenters. The van der Waals surface area contributed by atoms with Crippen LogP contribution in [0.2, 0.25) is 0 Å². The first-order valence-corrected chi connectivity index (χ1v) is 6.62. The van der Waals surface area contributed by atoms with Gasteiger partial charge in [-0.05, 0) is 18.9 Å². The molecule has 0 aromatic rings. The second-order valence-corrected chi connectivity index (χ2v) is 5.73. The quantitative estimate of drug-likeness (QED) is 0.479. The zero-order valence-corrected chi connectivity index (χ0v) is 11.5. The van der Waals surface area contributed by atoms with Crippen LogP contribution in [0, 0.1) is 0 Å². The Bertz CT molecular complexity index is 241. The van der Waals surface area contributed by atoms with E-state index in [0.717, 1.165) is 0 Å². The molecule has 0 radical (unpaired) electrons. The molecule has 0 saturated carbocycles. The number of ketones is 1. The van der Waals surface area contributed by atoms with E-state index >= 15 is 0 Å². The van der Waals surface area contributed by atoms with Crippen LogP contribution >= 0.6 is 0 Å². The van der Waals surface area contributed by atoms with Gasteiger partial charge in [-0.25, -0.2) is 0 Å². The van der Waals surface area contributed by atoms with Crippen LogP contribution in [0.4, 0.5) is 0 Å². The van der Waals surface area contributed by atoms with Crippen molar-refractivity contribution in [2.24, 2.45) is 0 Å². The Morgan fingerprint density at radius 2 is 1.69 bits per heavy atom. The molecule has 0 saturated heterocycles. The van der Waals surface area contributed by atoms with Crippen molar-refractivity contribution in [1.29, 1.82) is 0 Å². The Balaban J connectivity index is 4.74. The molecule has 1 unspecified atom stereocenters. The predicted octanol–water partition coefficient (Wildman–Crippen LogP) is 1.30. The average molecular weight is 248 g/mol. The Labute approximate surface area is 97.8 Å². The summed E-state index contributed by atoms with van der Waals surface area (Å²) in [4.78, 5) is 11.7. The lowest BCUT2D eigenvalue weighted by atomic mass is 10.1. The molecule has 16 heavy (non-hydrogen) atoms. The Hall–Kier alpha value is -0.533. The van der Waals surface area contributed by atoms with E-state index in [1.165, 1.54) is 21.3 Å². The van der Waals surface area contributed by atoms with E-state index in [2.05, 4.69) is 6.58 Å². The van der Waals surface area contributed by atoms with Crippen molar-refractivity contribution in [2.45, 2.75) is 26.4 Å². The summed E-state index contributed by atoms with van der Waals surface area (Å²) in [6.45, 7) is 7.08. The van der Waals surface area contributed by atoms with Gasteiger partial charge in [0.2, 0.25) is 0 Å². The van der Waals surface area contributed by atoms with Gasteiger partial charge >= 0.3 is 9.05 Å². The molecule has 0 fully saturated rings. The maximum absolute atomic E-state index is 11.7. The topological polar surface area (TPSA) is 54.0 Å². The Morgan fingerprint density at radius 3 is 1.94 bits per heavy atom. The van der Waals surface area contributed by atoms with Gasteiger partial charge in [-0.1, -0.05) is 13.5 Å². The number of rotatable bonds is 8. The summed E-state index contributed by atoms with van der Waals surface area (Å²) >= 11 is 0. The first-order valence-electron chi connectivity index (χ1n) is 4.99. The number of hydrogen-bond donors (Lipinski definition) is 0. The summed E-state index contributed by atoms with van der Waals surface area (Å²) in [5.74, 6) is -0.162. The van der Waals surface area contributed by atoms with Crippen molar-refractivity contribution < 1.29 is 22.5 Å². The van der Waals surface area contributed by atoms with E-state index in [1.807, 2.05) is 6.92 Å². The van der Waals surface area contributed by atoms with Crippen LogP contribution < -0.4 is 0 Å². The summed E-state index contributed by atoms with van der Waals surface area (Å²) in [6, 6.07) is 0. The molecule has 0 aromatic heterocycles. The van der Waals surface area contributed by atoms with Crippen LogP contribution in [0.5, 0.6) is 0 Å². The smallest absolute Gasteiger partial charge is 0.355 e. The van der Waals surface area contributed by atoms with Gasteiger partial charge < -0.3 is 17.7 Å². The van der Waals surface area contributed by atoms with Gasteiger partial charge in [0.1, 0.15) is 6.10 Å². The van der Waals surface area contributed by atoms with E-state index in [1.54, 1.807) is 6.92 Å². The number of carbonyl (C=O) groups excluding carboxylic acids is 1.